The van der Waals surface area contributed by atoms with Gasteiger partial charge >= 0.3 is 0 Å². The van der Waals surface area contributed by atoms with Crippen molar-refractivity contribution >= 4 is 44.7 Å². The second-order valence-electron chi connectivity index (χ2n) is 6.28. The zero-order valence-corrected chi connectivity index (χ0v) is 16.5. The number of nitrogens with one attached hydrogen (secondary N) is 2. The SMILES string of the molecule is COc1ccc(NC(C)=O)cc1Nc1ncnc2scc(-c3ccc(F)cc3)c12. The van der Waals surface area contributed by atoms with Gasteiger partial charge in [-0.25, -0.2) is 14.4 Å². The van der Waals surface area contributed by atoms with Crippen molar-refractivity contribution in [3.8, 4) is 16.9 Å². The normalized spacial score (nSPS) is 10.7. The smallest absolute Gasteiger partial charge is 0.221 e. The molecule has 0 radical (unpaired) electrons. The summed E-state index contributed by atoms with van der Waals surface area (Å²) in [6.07, 6.45) is 1.49. The number of carbonyl (C=O) groups excluding carboxylic acids is 1. The summed E-state index contributed by atoms with van der Waals surface area (Å²) in [5.74, 6) is 0.739. The van der Waals surface area contributed by atoms with Crippen LogP contribution in [0.15, 0.2) is 54.2 Å². The van der Waals surface area contributed by atoms with Gasteiger partial charge in [-0.1, -0.05) is 12.1 Å². The minimum Gasteiger partial charge on any atom is -0.495 e. The molecule has 8 heteroatoms. The van der Waals surface area contributed by atoms with E-state index in [1.807, 2.05) is 5.38 Å². The van der Waals surface area contributed by atoms with E-state index < -0.39 is 0 Å². The molecule has 0 spiro atoms. The Kier molecular flexibility index (Phi) is 5.09. The number of hydrogen-bond acceptors (Lipinski definition) is 6. The van der Waals surface area contributed by atoms with Crippen molar-refractivity contribution in [2.24, 2.45) is 0 Å². The highest BCUT2D eigenvalue weighted by molar-refractivity contribution is 7.17. The van der Waals surface area contributed by atoms with E-state index in [-0.39, 0.29) is 11.7 Å². The Hall–Kier alpha value is -3.52. The zero-order chi connectivity index (χ0) is 20.4. The molecule has 2 aromatic carbocycles. The summed E-state index contributed by atoms with van der Waals surface area (Å²) in [4.78, 5) is 21.0. The third-order valence-electron chi connectivity index (χ3n) is 4.30. The largest absolute Gasteiger partial charge is 0.495 e. The van der Waals surface area contributed by atoms with Crippen molar-refractivity contribution in [3.63, 3.8) is 0 Å². The van der Waals surface area contributed by atoms with E-state index in [1.165, 1.54) is 36.7 Å². The highest BCUT2D eigenvalue weighted by Crippen LogP contribution is 2.39. The number of ether oxygens (including phenoxy) is 1. The van der Waals surface area contributed by atoms with Gasteiger partial charge in [-0.05, 0) is 35.9 Å². The number of fused-ring (bicyclic) bond motifs is 1. The standard InChI is InChI=1S/C21H17FN4O2S/c1-12(27)25-15-7-8-18(28-2)17(9-15)26-20-19-16(10-29-21(19)24-11-23-20)13-3-5-14(22)6-4-13/h3-11H,1-2H3,(H,25,27)(H,23,24,26). The first-order valence-electron chi connectivity index (χ1n) is 8.76. The van der Waals surface area contributed by atoms with Gasteiger partial charge in [-0.15, -0.1) is 11.3 Å². The molecule has 29 heavy (non-hydrogen) atoms. The van der Waals surface area contributed by atoms with Crippen molar-refractivity contribution < 1.29 is 13.9 Å². The number of anilines is 3. The molecule has 2 aromatic heterocycles. The first kappa shape index (κ1) is 18.8. The van der Waals surface area contributed by atoms with Gasteiger partial charge < -0.3 is 15.4 Å². The van der Waals surface area contributed by atoms with Gasteiger partial charge in [-0.2, -0.15) is 0 Å². The number of halogens is 1. The minimum absolute atomic E-state index is 0.165. The number of nitrogens with zero attached hydrogens (tertiary/aromatic N) is 2. The van der Waals surface area contributed by atoms with Crippen molar-refractivity contribution in [1.29, 1.82) is 0 Å². The topological polar surface area (TPSA) is 76.1 Å². The molecule has 0 atom stereocenters. The Morgan fingerprint density at radius 1 is 1.14 bits per heavy atom. The molecule has 0 aliphatic rings. The van der Waals surface area contributed by atoms with Crippen LogP contribution in [-0.4, -0.2) is 23.0 Å². The van der Waals surface area contributed by atoms with E-state index >= 15 is 0 Å². The van der Waals surface area contributed by atoms with Crippen molar-refractivity contribution in [3.05, 3.63) is 60.0 Å². The molecule has 146 valence electrons. The lowest BCUT2D eigenvalue weighted by Crippen LogP contribution is -2.06. The lowest BCUT2D eigenvalue weighted by Gasteiger charge is -2.14. The predicted octanol–water partition coefficient (Wildman–Crippen LogP) is 5.21. The van der Waals surface area contributed by atoms with Gasteiger partial charge in [0.05, 0.1) is 18.2 Å². The molecule has 2 heterocycles. The van der Waals surface area contributed by atoms with Gasteiger partial charge in [0.1, 0.15) is 28.5 Å². The molecular weight excluding hydrogens is 391 g/mol. The second-order valence-corrected chi connectivity index (χ2v) is 7.14. The van der Waals surface area contributed by atoms with Crippen LogP contribution in [-0.2, 0) is 4.79 Å². The number of rotatable bonds is 5. The number of benzene rings is 2. The molecule has 6 nitrogen and oxygen atoms in total. The predicted molar refractivity (Wildman–Crippen MR) is 113 cm³/mol. The van der Waals surface area contributed by atoms with Gasteiger partial charge in [0.2, 0.25) is 5.91 Å². The highest BCUT2D eigenvalue weighted by atomic mass is 32.1. The quantitative estimate of drug-likeness (QED) is 0.474. The highest BCUT2D eigenvalue weighted by Gasteiger charge is 2.15. The van der Waals surface area contributed by atoms with Gasteiger partial charge in [0, 0.05) is 23.6 Å². The molecule has 0 saturated heterocycles. The Balaban J connectivity index is 1.80. The van der Waals surface area contributed by atoms with E-state index in [1.54, 1.807) is 37.4 Å². The van der Waals surface area contributed by atoms with Gasteiger partial charge in [-0.3, -0.25) is 4.79 Å². The Bertz CT molecular complexity index is 1190. The molecule has 0 aliphatic carbocycles. The summed E-state index contributed by atoms with van der Waals surface area (Å²) in [7, 11) is 1.57. The zero-order valence-electron chi connectivity index (χ0n) is 15.7. The summed E-state index contributed by atoms with van der Waals surface area (Å²) in [5, 5.41) is 8.85. The van der Waals surface area contributed by atoms with Crippen LogP contribution >= 0.6 is 11.3 Å². The molecule has 0 unspecified atom stereocenters. The fraction of sp³-hybridized carbons (Fsp3) is 0.0952. The van der Waals surface area contributed by atoms with E-state index in [2.05, 4.69) is 20.6 Å². The Morgan fingerprint density at radius 3 is 2.66 bits per heavy atom. The Labute approximate surface area is 170 Å². The first-order valence-corrected chi connectivity index (χ1v) is 9.64. The molecule has 4 aromatic rings. The second kappa shape index (κ2) is 7.84. The summed E-state index contributed by atoms with van der Waals surface area (Å²) in [6.45, 7) is 1.45. The number of aromatic nitrogens is 2. The van der Waals surface area contributed by atoms with Crippen LogP contribution in [0.5, 0.6) is 5.75 Å². The molecule has 1 amide bonds. The van der Waals surface area contributed by atoms with E-state index in [0.717, 1.165) is 21.3 Å². The number of thiophene rings is 1. The van der Waals surface area contributed by atoms with Crippen LogP contribution < -0.4 is 15.4 Å². The van der Waals surface area contributed by atoms with Crippen LogP contribution in [0, 0.1) is 5.82 Å². The Morgan fingerprint density at radius 2 is 1.93 bits per heavy atom. The third-order valence-corrected chi connectivity index (χ3v) is 5.18. The van der Waals surface area contributed by atoms with Crippen LogP contribution in [0.2, 0.25) is 0 Å². The van der Waals surface area contributed by atoms with E-state index in [9.17, 15) is 9.18 Å². The summed E-state index contributed by atoms with van der Waals surface area (Å²) in [5.41, 5.74) is 3.06. The van der Waals surface area contributed by atoms with Crippen molar-refractivity contribution in [2.75, 3.05) is 17.7 Å². The lowest BCUT2D eigenvalue weighted by atomic mass is 10.1. The molecule has 0 fully saturated rings. The maximum atomic E-state index is 13.3. The average Bonchev–Trinajstić information content (AvgIpc) is 3.14. The van der Waals surface area contributed by atoms with Crippen LogP contribution in [0.1, 0.15) is 6.92 Å². The van der Waals surface area contributed by atoms with Gasteiger partial charge in [0.25, 0.3) is 0 Å². The van der Waals surface area contributed by atoms with Crippen LogP contribution in [0.3, 0.4) is 0 Å². The third kappa shape index (κ3) is 3.88. The van der Waals surface area contributed by atoms with Crippen molar-refractivity contribution in [2.45, 2.75) is 6.92 Å². The maximum absolute atomic E-state index is 13.3. The van der Waals surface area contributed by atoms with Crippen molar-refractivity contribution in [1.82, 2.24) is 9.97 Å². The fourth-order valence-electron chi connectivity index (χ4n) is 3.03. The number of hydrogen-bond donors (Lipinski definition) is 2. The molecule has 0 aliphatic heterocycles. The first-order chi connectivity index (χ1) is 14.0. The van der Waals surface area contributed by atoms with Crippen LogP contribution in [0.4, 0.5) is 21.6 Å². The number of methoxy groups -OCH3 is 1. The summed E-state index contributed by atoms with van der Waals surface area (Å²) in [6, 6.07) is 11.6. The lowest BCUT2D eigenvalue weighted by molar-refractivity contribution is -0.114. The molecule has 0 saturated carbocycles. The summed E-state index contributed by atoms with van der Waals surface area (Å²) < 4.78 is 18.8. The maximum Gasteiger partial charge on any atom is 0.221 e. The fourth-order valence-corrected chi connectivity index (χ4v) is 3.94. The molecular formula is C21H17FN4O2S. The van der Waals surface area contributed by atoms with Crippen LogP contribution in [0.25, 0.3) is 21.3 Å². The minimum atomic E-state index is -0.289. The average molecular weight is 408 g/mol. The van der Waals surface area contributed by atoms with Gasteiger partial charge in [0.15, 0.2) is 0 Å². The molecule has 4 rings (SSSR count). The number of carbonyl (C=O) groups is 1. The van der Waals surface area contributed by atoms with E-state index in [0.29, 0.717) is 22.9 Å². The summed E-state index contributed by atoms with van der Waals surface area (Å²) >= 11 is 1.49. The molecule has 2 N–H and O–H groups in total. The molecule has 0 bridgehead atoms. The van der Waals surface area contributed by atoms with E-state index in [4.69, 9.17) is 4.74 Å². The number of amides is 1. The monoisotopic (exact) mass is 408 g/mol.